The van der Waals surface area contributed by atoms with Crippen LogP contribution in [0.4, 0.5) is 10.1 Å². The van der Waals surface area contributed by atoms with Gasteiger partial charge in [-0.15, -0.1) is 0 Å². The summed E-state index contributed by atoms with van der Waals surface area (Å²) in [4.78, 5) is 31.9. The van der Waals surface area contributed by atoms with E-state index in [4.69, 9.17) is 0 Å². The summed E-state index contributed by atoms with van der Waals surface area (Å²) in [5.74, 6) is -1.06. The van der Waals surface area contributed by atoms with E-state index in [0.29, 0.717) is 35.4 Å². The summed E-state index contributed by atoms with van der Waals surface area (Å²) in [6, 6.07) is 9.99. The SMILES string of the molecule is CC1(C)CC(=O)C2=C(C1)N(c1cccnc1)C(=O)CC2c1ccccc1F. The van der Waals surface area contributed by atoms with Crippen molar-refractivity contribution in [1.82, 2.24) is 4.98 Å². The smallest absolute Gasteiger partial charge is 0.232 e. The van der Waals surface area contributed by atoms with Crippen LogP contribution in [0.5, 0.6) is 0 Å². The maximum Gasteiger partial charge on any atom is 0.232 e. The van der Waals surface area contributed by atoms with Crippen molar-refractivity contribution in [3.63, 3.8) is 0 Å². The second kappa shape index (κ2) is 6.41. The molecule has 2 aliphatic rings. The van der Waals surface area contributed by atoms with Crippen molar-refractivity contribution in [2.24, 2.45) is 5.41 Å². The Morgan fingerprint density at radius 1 is 1.11 bits per heavy atom. The van der Waals surface area contributed by atoms with E-state index in [9.17, 15) is 14.0 Å². The number of benzene rings is 1. The number of ketones is 1. The molecule has 5 heteroatoms. The fourth-order valence-electron chi connectivity index (χ4n) is 4.22. The van der Waals surface area contributed by atoms with E-state index in [1.807, 2.05) is 19.9 Å². The fraction of sp³-hybridized carbons (Fsp3) is 0.318. The summed E-state index contributed by atoms with van der Waals surface area (Å²) in [7, 11) is 0. The van der Waals surface area contributed by atoms with E-state index in [1.165, 1.54) is 6.07 Å². The van der Waals surface area contributed by atoms with Gasteiger partial charge in [-0.25, -0.2) is 4.39 Å². The van der Waals surface area contributed by atoms with Gasteiger partial charge in [-0.2, -0.15) is 0 Å². The van der Waals surface area contributed by atoms with Crippen LogP contribution < -0.4 is 4.90 Å². The van der Waals surface area contributed by atoms with E-state index >= 15 is 0 Å². The molecule has 0 saturated carbocycles. The number of allylic oxidation sites excluding steroid dienone is 2. The van der Waals surface area contributed by atoms with E-state index in [-0.39, 0.29) is 29.3 Å². The molecule has 0 saturated heterocycles. The average molecular weight is 364 g/mol. The molecule has 4 rings (SSSR count). The van der Waals surface area contributed by atoms with Crippen molar-refractivity contribution >= 4 is 17.4 Å². The Bertz CT molecular complexity index is 950. The van der Waals surface area contributed by atoms with E-state index in [2.05, 4.69) is 4.98 Å². The molecule has 1 unspecified atom stereocenters. The Morgan fingerprint density at radius 3 is 2.59 bits per heavy atom. The largest absolute Gasteiger partial charge is 0.294 e. The zero-order chi connectivity index (χ0) is 19.2. The summed E-state index contributed by atoms with van der Waals surface area (Å²) in [5, 5.41) is 0. The maximum absolute atomic E-state index is 14.5. The van der Waals surface area contributed by atoms with Crippen LogP contribution in [0.25, 0.3) is 0 Å². The summed E-state index contributed by atoms with van der Waals surface area (Å²) in [6.07, 6.45) is 4.32. The van der Waals surface area contributed by atoms with Gasteiger partial charge in [0.1, 0.15) is 5.82 Å². The van der Waals surface area contributed by atoms with Crippen molar-refractivity contribution in [2.45, 2.75) is 39.0 Å². The molecule has 0 radical (unpaired) electrons. The van der Waals surface area contributed by atoms with E-state index in [1.54, 1.807) is 41.6 Å². The van der Waals surface area contributed by atoms with Crippen molar-refractivity contribution in [3.05, 3.63) is 71.4 Å². The Balaban J connectivity index is 1.92. The Labute approximate surface area is 157 Å². The number of hydrogen-bond acceptors (Lipinski definition) is 3. The second-order valence-corrected chi connectivity index (χ2v) is 8.02. The molecule has 4 nitrogen and oxygen atoms in total. The number of halogens is 1. The minimum atomic E-state index is -0.537. The molecule has 0 bridgehead atoms. The molecule has 1 aliphatic heterocycles. The molecule has 1 aromatic heterocycles. The van der Waals surface area contributed by atoms with Crippen LogP contribution >= 0.6 is 0 Å². The van der Waals surface area contributed by atoms with E-state index < -0.39 is 5.92 Å². The van der Waals surface area contributed by atoms with Crippen LogP contribution in [0.3, 0.4) is 0 Å². The van der Waals surface area contributed by atoms with Gasteiger partial charge in [0.15, 0.2) is 5.78 Å². The number of aromatic nitrogens is 1. The zero-order valence-corrected chi connectivity index (χ0v) is 15.4. The molecule has 1 amide bonds. The standard InChI is InChI=1S/C22H21FN2O2/c1-22(2)11-18-21(19(26)12-22)16(15-7-3-4-8-17(15)23)10-20(27)25(18)14-6-5-9-24-13-14/h3-9,13,16H,10-12H2,1-2H3. The van der Waals surface area contributed by atoms with Gasteiger partial charge in [-0.05, 0) is 35.6 Å². The molecule has 27 heavy (non-hydrogen) atoms. The van der Waals surface area contributed by atoms with Gasteiger partial charge >= 0.3 is 0 Å². The van der Waals surface area contributed by atoms with Gasteiger partial charge in [0.25, 0.3) is 0 Å². The maximum atomic E-state index is 14.5. The van der Waals surface area contributed by atoms with Crippen LogP contribution in [0, 0.1) is 11.2 Å². The number of nitrogens with zero attached hydrogens (tertiary/aromatic N) is 2. The number of carbonyl (C=O) groups is 2. The minimum Gasteiger partial charge on any atom is -0.294 e. The van der Waals surface area contributed by atoms with Gasteiger partial charge < -0.3 is 0 Å². The Hall–Kier alpha value is -2.82. The summed E-state index contributed by atoms with van der Waals surface area (Å²) in [6.45, 7) is 4.04. The van der Waals surface area contributed by atoms with Crippen LogP contribution in [0.15, 0.2) is 60.1 Å². The molecule has 138 valence electrons. The molecule has 0 spiro atoms. The van der Waals surface area contributed by atoms with Gasteiger partial charge in [-0.3, -0.25) is 19.5 Å². The Morgan fingerprint density at radius 2 is 1.89 bits per heavy atom. The van der Waals surface area contributed by atoms with Crippen LogP contribution in [0.2, 0.25) is 0 Å². The first-order valence-electron chi connectivity index (χ1n) is 9.11. The van der Waals surface area contributed by atoms with Gasteiger partial charge in [-0.1, -0.05) is 32.0 Å². The third-order valence-corrected chi connectivity index (χ3v) is 5.33. The third-order valence-electron chi connectivity index (χ3n) is 5.33. The van der Waals surface area contributed by atoms with Crippen molar-refractivity contribution in [1.29, 1.82) is 0 Å². The highest BCUT2D eigenvalue weighted by molar-refractivity contribution is 6.07. The monoisotopic (exact) mass is 364 g/mol. The molecular weight excluding hydrogens is 343 g/mol. The molecule has 1 aliphatic carbocycles. The zero-order valence-electron chi connectivity index (χ0n) is 15.4. The first kappa shape index (κ1) is 17.6. The topological polar surface area (TPSA) is 50.3 Å². The van der Waals surface area contributed by atoms with Gasteiger partial charge in [0.05, 0.1) is 11.9 Å². The van der Waals surface area contributed by atoms with Gasteiger partial charge in [0.2, 0.25) is 5.91 Å². The first-order valence-corrected chi connectivity index (χ1v) is 9.11. The van der Waals surface area contributed by atoms with Crippen LogP contribution in [-0.2, 0) is 9.59 Å². The highest BCUT2D eigenvalue weighted by Gasteiger charge is 2.44. The fourth-order valence-corrected chi connectivity index (χ4v) is 4.22. The third kappa shape index (κ3) is 3.07. The quantitative estimate of drug-likeness (QED) is 0.794. The summed E-state index contributed by atoms with van der Waals surface area (Å²) < 4.78 is 14.5. The lowest BCUT2D eigenvalue weighted by Crippen LogP contribution is -2.43. The van der Waals surface area contributed by atoms with Crippen molar-refractivity contribution in [2.75, 3.05) is 4.90 Å². The number of pyridine rings is 1. The Kier molecular flexibility index (Phi) is 4.17. The number of amides is 1. The lowest BCUT2D eigenvalue weighted by atomic mass is 9.69. The molecule has 2 heterocycles. The first-order chi connectivity index (χ1) is 12.9. The van der Waals surface area contributed by atoms with E-state index in [0.717, 1.165) is 0 Å². The molecule has 0 fully saturated rings. The minimum absolute atomic E-state index is 0.00380. The number of anilines is 1. The van der Waals surface area contributed by atoms with Crippen LogP contribution in [0.1, 0.15) is 44.6 Å². The molecule has 0 N–H and O–H groups in total. The lowest BCUT2D eigenvalue weighted by molar-refractivity contribution is -0.121. The predicted molar refractivity (Wildman–Crippen MR) is 101 cm³/mol. The number of carbonyl (C=O) groups excluding carboxylic acids is 2. The molecular formula is C22H21FN2O2. The average Bonchev–Trinajstić information content (AvgIpc) is 2.61. The van der Waals surface area contributed by atoms with Crippen molar-refractivity contribution in [3.8, 4) is 0 Å². The number of Topliss-reactive ketones (excluding diaryl/α,β-unsaturated/α-hetero) is 1. The highest BCUT2D eigenvalue weighted by Crippen LogP contribution is 2.48. The summed E-state index contributed by atoms with van der Waals surface area (Å²) in [5.41, 5.74) is 2.06. The van der Waals surface area contributed by atoms with Crippen LogP contribution in [-0.4, -0.2) is 16.7 Å². The van der Waals surface area contributed by atoms with Crippen molar-refractivity contribution < 1.29 is 14.0 Å². The normalized spacial score (nSPS) is 22.0. The molecule has 1 atom stereocenters. The number of rotatable bonds is 2. The molecule has 1 aromatic carbocycles. The summed E-state index contributed by atoms with van der Waals surface area (Å²) >= 11 is 0. The number of hydrogen-bond donors (Lipinski definition) is 0. The predicted octanol–water partition coefficient (Wildman–Crippen LogP) is 4.38. The van der Waals surface area contributed by atoms with Gasteiger partial charge in [0, 0.05) is 36.2 Å². The lowest BCUT2D eigenvalue weighted by Gasteiger charge is -2.42. The molecule has 2 aromatic rings. The highest BCUT2D eigenvalue weighted by atomic mass is 19.1. The second-order valence-electron chi connectivity index (χ2n) is 8.02.